The van der Waals surface area contributed by atoms with Gasteiger partial charge in [-0.2, -0.15) is 0 Å². The zero-order valence-electron chi connectivity index (χ0n) is 10.5. The van der Waals surface area contributed by atoms with E-state index in [-0.39, 0.29) is 11.5 Å². The van der Waals surface area contributed by atoms with Gasteiger partial charge in [-0.1, -0.05) is 5.16 Å². The SMILES string of the molecule is O=C(NCc1cscn1)C1=NOC2(CCCNC2)C1. The maximum Gasteiger partial charge on any atom is 0.269 e. The van der Waals surface area contributed by atoms with Gasteiger partial charge in [-0.05, 0) is 19.4 Å². The predicted molar refractivity (Wildman–Crippen MR) is 71.9 cm³/mol. The summed E-state index contributed by atoms with van der Waals surface area (Å²) in [6.45, 7) is 2.21. The first-order chi connectivity index (χ1) is 9.27. The molecule has 102 valence electrons. The number of oxime groups is 1. The number of aromatic nitrogens is 1. The summed E-state index contributed by atoms with van der Waals surface area (Å²) in [5.74, 6) is -0.157. The number of nitrogens with one attached hydrogen (secondary N) is 2. The largest absolute Gasteiger partial charge is 0.387 e. The third-order valence-electron chi connectivity index (χ3n) is 3.45. The van der Waals surface area contributed by atoms with E-state index in [2.05, 4.69) is 20.8 Å². The average Bonchev–Trinajstić information content (AvgIpc) is 3.07. The molecular formula is C12H16N4O2S. The molecule has 0 aliphatic carbocycles. The van der Waals surface area contributed by atoms with Gasteiger partial charge in [0.2, 0.25) is 0 Å². The summed E-state index contributed by atoms with van der Waals surface area (Å²) in [5.41, 5.74) is 2.80. The first kappa shape index (κ1) is 12.6. The van der Waals surface area contributed by atoms with Crippen LogP contribution in [0.5, 0.6) is 0 Å². The number of rotatable bonds is 3. The zero-order chi connectivity index (χ0) is 13.1. The van der Waals surface area contributed by atoms with Crippen LogP contribution in [0.3, 0.4) is 0 Å². The number of carbonyl (C=O) groups excluding carboxylic acids is 1. The third-order valence-corrected chi connectivity index (χ3v) is 4.08. The summed E-state index contributed by atoms with van der Waals surface area (Å²) in [6, 6.07) is 0. The van der Waals surface area contributed by atoms with E-state index in [1.165, 1.54) is 11.3 Å². The van der Waals surface area contributed by atoms with Gasteiger partial charge in [0.1, 0.15) is 5.71 Å². The molecule has 1 saturated heterocycles. The normalized spacial score (nSPS) is 26.0. The first-order valence-corrected chi connectivity index (χ1v) is 7.33. The van der Waals surface area contributed by atoms with Crippen molar-refractivity contribution in [2.45, 2.75) is 31.4 Å². The first-order valence-electron chi connectivity index (χ1n) is 6.38. The fourth-order valence-electron chi connectivity index (χ4n) is 2.41. The highest BCUT2D eigenvalue weighted by Crippen LogP contribution is 2.30. The van der Waals surface area contributed by atoms with Crippen molar-refractivity contribution in [1.29, 1.82) is 0 Å². The summed E-state index contributed by atoms with van der Waals surface area (Å²) >= 11 is 1.52. The van der Waals surface area contributed by atoms with Crippen LogP contribution in [-0.4, -0.2) is 35.3 Å². The lowest BCUT2D eigenvalue weighted by Crippen LogP contribution is -2.46. The molecule has 1 unspecified atom stereocenters. The van der Waals surface area contributed by atoms with Gasteiger partial charge in [-0.25, -0.2) is 4.98 Å². The minimum atomic E-state index is -0.300. The van der Waals surface area contributed by atoms with Crippen LogP contribution in [0.4, 0.5) is 0 Å². The Morgan fingerprint density at radius 1 is 1.63 bits per heavy atom. The number of piperidine rings is 1. The van der Waals surface area contributed by atoms with E-state index in [1.54, 1.807) is 5.51 Å². The topological polar surface area (TPSA) is 75.6 Å². The Bertz CT molecular complexity index is 480. The quantitative estimate of drug-likeness (QED) is 0.853. The van der Waals surface area contributed by atoms with E-state index in [0.717, 1.165) is 31.6 Å². The Hall–Kier alpha value is -1.47. The van der Waals surface area contributed by atoms with E-state index in [1.807, 2.05) is 5.38 Å². The van der Waals surface area contributed by atoms with Gasteiger partial charge >= 0.3 is 0 Å². The maximum atomic E-state index is 12.0. The van der Waals surface area contributed by atoms with Gasteiger partial charge in [-0.3, -0.25) is 4.79 Å². The predicted octanol–water partition coefficient (Wildman–Crippen LogP) is 0.658. The summed E-state index contributed by atoms with van der Waals surface area (Å²) < 4.78 is 0. The molecular weight excluding hydrogens is 264 g/mol. The summed E-state index contributed by atoms with van der Waals surface area (Å²) in [6.07, 6.45) is 2.60. The highest BCUT2D eigenvalue weighted by atomic mass is 32.1. The molecule has 19 heavy (non-hydrogen) atoms. The molecule has 1 amide bonds. The lowest BCUT2D eigenvalue weighted by Gasteiger charge is -2.30. The summed E-state index contributed by atoms with van der Waals surface area (Å²) in [4.78, 5) is 21.6. The Kier molecular flexibility index (Phi) is 3.48. The lowest BCUT2D eigenvalue weighted by atomic mass is 9.89. The molecule has 2 aliphatic rings. The minimum Gasteiger partial charge on any atom is -0.387 e. The van der Waals surface area contributed by atoms with Crippen molar-refractivity contribution in [3.8, 4) is 0 Å². The monoisotopic (exact) mass is 280 g/mol. The van der Waals surface area contributed by atoms with Crippen LogP contribution in [-0.2, 0) is 16.2 Å². The number of amides is 1. The van der Waals surface area contributed by atoms with Crippen molar-refractivity contribution in [1.82, 2.24) is 15.6 Å². The van der Waals surface area contributed by atoms with Gasteiger partial charge in [0.05, 0.1) is 17.7 Å². The van der Waals surface area contributed by atoms with Gasteiger partial charge in [0, 0.05) is 18.3 Å². The highest BCUT2D eigenvalue weighted by molar-refractivity contribution is 7.07. The van der Waals surface area contributed by atoms with Crippen molar-refractivity contribution < 1.29 is 9.63 Å². The van der Waals surface area contributed by atoms with Crippen molar-refractivity contribution >= 4 is 23.0 Å². The Morgan fingerprint density at radius 2 is 2.58 bits per heavy atom. The van der Waals surface area contributed by atoms with E-state index in [9.17, 15) is 4.79 Å². The van der Waals surface area contributed by atoms with Gasteiger partial charge in [-0.15, -0.1) is 11.3 Å². The molecule has 2 aliphatic heterocycles. The molecule has 7 heteroatoms. The smallest absolute Gasteiger partial charge is 0.269 e. The highest BCUT2D eigenvalue weighted by Gasteiger charge is 2.42. The number of nitrogens with zero attached hydrogens (tertiary/aromatic N) is 2. The fraction of sp³-hybridized carbons (Fsp3) is 0.583. The number of hydrogen-bond acceptors (Lipinski definition) is 6. The number of carbonyl (C=O) groups is 1. The van der Waals surface area contributed by atoms with Crippen LogP contribution < -0.4 is 10.6 Å². The molecule has 3 rings (SSSR count). The molecule has 1 fully saturated rings. The van der Waals surface area contributed by atoms with Crippen LogP contribution in [0.1, 0.15) is 25.0 Å². The Morgan fingerprint density at radius 3 is 3.32 bits per heavy atom. The van der Waals surface area contributed by atoms with Crippen molar-refractivity contribution in [2.75, 3.05) is 13.1 Å². The molecule has 3 heterocycles. The van der Waals surface area contributed by atoms with Crippen molar-refractivity contribution in [3.63, 3.8) is 0 Å². The molecule has 1 spiro atoms. The summed E-state index contributed by atoms with van der Waals surface area (Å²) in [7, 11) is 0. The maximum absolute atomic E-state index is 12.0. The Labute approximate surface area is 115 Å². The molecule has 2 N–H and O–H groups in total. The molecule has 1 aromatic heterocycles. The molecule has 1 aromatic rings. The second kappa shape index (κ2) is 5.26. The van der Waals surface area contributed by atoms with Crippen molar-refractivity contribution in [3.05, 3.63) is 16.6 Å². The second-order valence-corrected chi connectivity index (χ2v) is 5.65. The van der Waals surface area contributed by atoms with Crippen LogP contribution in [0.2, 0.25) is 0 Å². The van der Waals surface area contributed by atoms with Crippen LogP contribution in [0, 0.1) is 0 Å². The number of hydrogen-bond donors (Lipinski definition) is 2. The number of thiazole rings is 1. The molecule has 0 bridgehead atoms. The van der Waals surface area contributed by atoms with Gasteiger partial charge in [0.15, 0.2) is 5.60 Å². The van der Waals surface area contributed by atoms with Gasteiger partial charge in [0.25, 0.3) is 5.91 Å². The van der Waals surface area contributed by atoms with Crippen molar-refractivity contribution in [2.24, 2.45) is 5.16 Å². The Balaban J connectivity index is 1.53. The molecule has 0 saturated carbocycles. The third kappa shape index (κ3) is 2.76. The second-order valence-electron chi connectivity index (χ2n) is 4.93. The lowest BCUT2D eigenvalue weighted by molar-refractivity contribution is -0.115. The fourth-order valence-corrected chi connectivity index (χ4v) is 2.97. The van der Waals surface area contributed by atoms with Gasteiger partial charge < -0.3 is 15.5 Å². The summed E-state index contributed by atoms with van der Waals surface area (Å²) in [5, 5.41) is 12.0. The van der Waals surface area contributed by atoms with E-state index < -0.39 is 0 Å². The standard InChI is InChI=1S/C12H16N4O2S/c17-11(14-5-9-6-19-8-15-9)10-4-12(18-16-10)2-1-3-13-7-12/h6,8,13H,1-5,7H2,(H,14,17). The average molecular weight is 280 g/mol. The van der Waals surface area contributed by atoms with Crippen LogP contribution in [0.15, 0.2) is 16.0 Å². The van der Waals surface area contributed by atoms with E-state index in [0.29, 0.717) is 18.7 Å². The van der Waals surface area contributed by atoms with E-state index in [4.69, 9.17) is 4.84 Å². The molecule has 1 atom stereocenters. The van der Waals surface area contributed by atoms with Crippen LogP contribution in [0.25, 0.3) is 0 Å². The molecule has 6 nitrogen and oxygen atoms in total. The molecule has 0 radical (unpaired) electrons. The van der Waals surface area contributed by atoms with E-state index >= 15 is 0 Å². The molecule has 0 aromatic carbocycles. The minimum absolute atomic E-state index is 0.157. The van der Waals surface area contributed by atoms with Crippen LogP contribution >= 0.6 is 11.3 Å². The zero-order valence-corrected chi connectivity index (χ0v) is 11.3.